The van der Waals surface area contributed by atoms with Crippen molar-refractivity contribution in [1.29, 1.82) is 5.26 Å². The van der Waals surface area contributed by atoms with Crippen LogP contribution >= 0.6 is 11.8 Å². The van der Waals surface area contributed by atoms with Crippen LogP contribution in [0, 0.1) is 11.3 Å². The topological polar surface area (TPSA) is 39.4 Å². The van der Waals surface area contributed by atoms with Crippen LogP contribution in [0.4, 0.5) is 5.69 Å². The van der Waals surface area contributed by atoms with Crippen LogP contribution in [0.5, 0.6) is 0 Å². The maximum atomic E-state index is 9.23. The Hall–Kier alpha value is -1.47. The highest BCUT2D eigenvalue weighted by molar-refractivity contribution is 8.15. The Morgan fingerprint density at radius 3 is 2.69 bits per heavy atom. The minimum Gasteiger partial charge on any atom is -0.347 e. The Bertz CT molecular complexity index is 721. The molecule has 4 heteroatoms. The summed E-state index contributed by atoms with van der Waals surface area (Å²) in [6.07, 6.45) is 12.9. The molecular weight excluding hydrogens is 338 g/mol. The molecular formula is C22H29N3S. The molecule has 1 aliphatic heterocycles. The summed E-state index contributed by atoms with van der Waals surface area (Å²) in [4.78, 5) is 7.84. The number of aliphatic imine (C=N–C) groups is 1. The third kappa shape index (κ3) is 3.51. The van der Waals surface area contributed by atoms with Gasteiger partial charge in [-0.05, 0) is 55.9 Å². The number of rotatable bonds is 4. The first kappa shape index (κ1) is 17.9. The first-order valence-corrected chi connectivity index (χ1v) is 11.1. The van der Waals surface area contributed by atoms with E-state index in [-0.39, 0.29) is 0 Å². The maximum Gasteiger partial charge on any atom is 0.165 e. The summed E-state index contributed by atoms with van der Waals surface area (Å²) in [5.74, 6) is 0. The number of nitrogens with zero attached hydrogens (tertiary/aromatic N) is 3. The molecule has 138 valence electrons. The average molecular weight is 368 g/mol. The summed E-state index contributed by atoms with van der Waals surface area (Å²) >= 11 is 2.06. The van der Waals surface area contributed by atoms with Gasteiger partial charge in [-0.15, -0.1) is 0 Å². The van der Waals surface area contributed by atoms with Crippen LogP contribution in [0.3, 0.4) is 0 Å². The van der Waals surface area contributed by atoms with Gasteiger partial charge in [-0.2, -0.15) is 5.26 Å². The van der Waals surface area contributed by atoms with Gasteiger partial charge in [0.1, 0.15) is 0 Å². The first-order valence-electron chi connectivity index (χ1n) is 10.3. The van der Waals surface area contributed by atoms with E-state index in [2.05, 4.69) is 35.7 Å². The summed E-state index contributed by atoms with van der Waals surface area (Å²) in [7, 11) is 0. The van der Waals surface area contributed by atoms with Crippen LogP contribution in [0.2, 0.25) is 0 Å². The summed E-state index contributed by atoms with van der Waals surface area (Å²) in [5, 5.41) is 10.5. The van der Waals surface area contributed by atoms with Crippen molar-refractivity contribution in [3.05, 3.63) is 29.3 Å². The Balaban J connectivity index is 1.68. The van der Waals surface area contributed by atoms with Crippen LogP contribution in [0.1, 0.15) is 75.8 Å². The lowest BCUT2D eigenvalue weighted by molar-refractivity contribution is 0.301. The lowest BCUT2D eigenvalue weighted by Crippen LogP contribution is -2.37. The Morgan fingerprint density at radius 1 is 1.23 bits per heavy atom. The van der Waals surface area contributed by atoms with Crippen LogP contribution in [0.15, 0.2) is 23.2 Å². The molecule has 3 aliphatic rings. The van der Waals surface area contributed by atoms with E-state index in [0.29, 0.717) is 10.8 Å². The van der Waals surface area contributed by atoms with E-state index in [0.717, 1.165) is 24.1 Å². The van der Waals surface area contributed by atoms with E-state index in [1.807, 2.05) is 12.1 Å². The van der Waals surface area contributed by atoms with Gasteiger partial charge in [0, 0.05) is 17.3 Å². The molecule has 0 N–H and O–H groups in total. The van der Waals surface area contributed by atoms with Gasteiger partial charge in [0.2, 0.25) is 0 Å². The Morgan fingerprint density at radius 2 is 2.00 bits per heavy atom. The molecule has 4 rings (SSSR count). The molecule has 0 amide bonds. The highest BCUT2D eigenvalue weighted by Crippen LogP contribution is 2.50. The molecule has 3 fully saturated rings. The highest BCUT2D eigenvalue weighted by Gasteiger charge is 2.46. The van der Waals surface area contributed by atoms with Gasteiger partial charge in [-0.25, -0.2) is 4.99 Å². The fraction of sp³-hybridized carbons (Fsp3) is 0.636. The molecule has 0 aromatic heterocycles. The smallest absolute Gasteiger partial charge is 0.165 e. The van der Waals surface area contributed by atoms with Gasteiger partial charge in [0.15, 0.2) is 5.17 Å². The molecule has 0 radical (unpaired) electrons. The van der Waals surface area contributed by atoms with E-state index in [1.54, 1.807) is 0 Å². The summed E-state index contributed by atoms with van der Waals surface area (Å²) in [6.45, 7) is 3.39. The normalized spacial score (nSPS) is 24.0. The number of benzene rings is 1. The number of thioether (sulfide) groups is 1. The minimum absolute atomic E-state index is 0.416. The van der Waals surface area contributed by atoms with Gasteiger partial charge in [-0.3, -0.25) is 0 Å². The fourth-order valence-corrected chi connectivity index (χ4v) is 6.43. The van der Waals surface area contributed by atoms with Crippen molar-refractivity contribution < 1.29 is 0 Å². The second-order valence-corrected chi connectivity index (χ2v) is 9.59. The second-order valence-electron chi connectivity index (χ2n) is 8.16. The van der Waals surface area contributed by atoms with Crippen molar-refractivity contribution in [3.8, 4) is 6.07 Å². The lowest BCUT2D eigenvalue weighted by Gasteiger charge is -2.27. The monoisotopic (exact) mass is 367 g/mol. The van der Waals surface area contributed by atoms with Crippen molar-refractivity contribution >= 4 is 22.6 Å². The lowest BCUT2D eigenvalue weighted by atomic mass is 10.0. The Kier molecular flexibility index (Phi) is 5.27. The van der Waals surface area contributed by atoms with E-state index in [1.165, 1.54) is 68.6 Å². The molecule has 0 atom stereocenters. The number of hydrogen-bond donors (Lipinski definition) is 0. The predicted molar refractivity (Wildman–Crippen MR) is 110 cm³/mol. The molecule has 0 unspecified atom stereocenters. The van der Waals surface area contributed by atoms with Crippen molar-refractivity contribution in [2.24, 2.45) is 4.99 Å². The van der Waals surface area contributed by atoms with Crippen LogP contribution in [-0.2, 0) is 6.42 Å². The van der Waals surface area contributed by atoms with Crippen LogP contribution in [-0.4, -0.2) is 27.4 Å². The van der Waals surface area contributed by atoms with Gasteiger partial charge in [0.25, 0.3) is 0 Å². The third-order valence-corrected chi connectivity index (χ3v) is 7.72. The number of nitriles is 1. The number of aryl methyl sites for hydroxylation is 1. The third-order valence-electron chi connectivity index (χ3n) is 6.24. The molecule has 0 bridgehead atoms. The van der Waals surface area contributed by atoms with Gasteiger partial charge in [0.05, 0.1) is 17.3 Å². The standard InChI is InChI=1S/C22H29N3S/c1-2-7-18-14-17(15-23)10-11-20(18)24-21-25(19-8-3-4-9-19)16-22(26-21)12-5-6-13-22/h10-11,14,19H,2-9,12-13,16H2,1H3. The molecule has 26 heavy (non-hydrogen) atoms. The molecule has 2 aliphatic carbocycles. The largest absolute Gasteiger partial charge is 0.347 e. The van der Waals surface area contributed by atoms with E-state index < -0.39 is 0 Å². The summed E-state index contributed by atoms with van der Waals surface area (Å²) in [6, 6.07) is 8.98. The molecule has 1 spiro atoms. The highest BCUT2D eigenvalue weighted by atomic mass is 32.2. The molecule has 1 aromatic rings. The molecule has 2 saturated carbocycles. The second kappa shape index (κ2) is 7.64. The average Bonchev–Trinajstić information content (AvgIpc) is 3.39. The number of hydrogen-bond acceptors (Lipinski definition) is 3. The zero-order valence-electron chi connectivity index (χ0n) is 15.8. The molecule has 1 heterocycles. The van der Waals surface area contributed by atoms with Gasteiger partial charge < -0.3 is 4.90 Å². The zero-order valence-corrected chi connectivity index (χ0v) is 16.7. The van der Waals surface area contributed by atoms with Gasteiger partial charge >= 0.3 is 0 Å². The van der Waals surface area contributed by atoms with E-state index >= 15 is 0 Å². The van der Waals surface area contributed by atoms with Crippen molar-refractivity contribution in [2.75, 3.05) is 6.54 Å². The SMILES string of the molecule is CCCc1cc(C#N)ccc1N=C1SC2(CCCC2)CN1C1CCCC1. The Labute approximate surface area is 161 Å². The van der Waals surface area contributed by atoms with E-state index in [9.17, 15) is 5.26 Å². The van der Waals surface area contributed by atoms with Gasteiger partial charge in [-0.1, -0.05) is 50.8 Å². The minimum atomic E-state index is 0.416. The van der Waals surface area contributed by atoms with Crippen molar-refractivity contribution in [3.63, 3.8) is 0 Å². The molecule has 1 aromatic carbocycles. The van der Waals surface area contributed by atoms with Crippen molar-refractivity contribution in [1.82, 2.24) is 4.90 Å². The summed E-state index contributed by atoms with van der Waals surface area (Å²) in [5.41, 5.74) is 3.04. The molecule has 3 nitrogen and oxygen atoms in total. The zero-order chi connectivity index (χ0) is 18.0. The maximum absolute atomic E-state index is 9.23. The quantitative estimate of drug-likeness (QED) is 0.675. The van der Waals surface area contributed by atoms with E-state index in [4.69, 9.17) is 4.99 Å². The predicted octanol–water partition coefficient (Wildman–Crippen LogP) is 5.80. The molecule has 1 saturated heterocycles. The van der Waals surface area contributed by atoms with Crippen LogP contribution < -0.4 is 0 Å². The number of amidine groups is 1. The van der Waals surface area contributed by atoms with Crippen LogP contribution in [0.25, 0.3) is 0 Å². The first-order chi connectivity index (χ1) is 12.7. The fourth-order valence-electron chi connectivity index (χ4n) is 4.87. The summed E-state index contributed by atoms with van der Waals surface area (Å²) < 4.78 is 0.416. The van der Waals surface area contributed by atoms with Crippen molar-refractivity contribution in [2.45, 2.75) is 81.9 Å².